The van der Waals surface area contributed by atoms with Crippen molar-refractivity contribution in [1.29, 1.82) is 0 Å². The minimum absolute atomic E-state index is 0.203. The highest BCUT2D eigenvalue weighted by molar-refractivity contribution is 5.95. The summed E-state index contributed by atoms with van der Waals surface area (Å²) in [6, 6.07) is 5.94. The van der Waals surface area contributed by atoms with Crippen LogP contribution in [0.4, 0.5) is 14.9 Å². The third kappa shape index (κ3) is 4.70. The number of piperazine rings is 1. The van der Waals surface area contributed by atoms with Crippen LogP contribution in [0.3, 0.4) is 0 Å². The van der Waals surface area contributed by atoms with Gasteiger partial charge < -0.3 is 10.2 Å². The van der Waals surface area contributed by atoms with Gasteiger partial charge in [-0.3, -0.25) is 15.0 Å². The summed E-state index contributed by atoms with van der Waals surface area (Å²) in [5.74, 6) is -0.550. The fourth-order valence-corrected chi connectivity index (χ4v) is 2.39. The number of rotatable bonds is 4. The zero-order valence-electron chi connectivity index (χ0n) is 12.6. The summed E-state index contributed by atoms with van der Waals surface area (Å²) in [6.07, 6.45) is 0. The molecule has 1 saturated heterocycles. The number of halogens is 1. The van der Waals surface area contributed by atoms with Crippen molar-refractivity contribution in [3.05, 3.63) is 30.1 Å². The molecular formula is C15H21FN4O2. The SMILES string of the molecule is CCNC(=O)NC(=O)CN1CCN(c2ccc(F)cc2)CC1. The zero-order chi connectivity index (χ0) is 15.9. The highest BCUT2D eigenvalue weighted by Gasteiger charge is 2.19. The molecule has 22 heavy (non-hydrogen) atoms. The van der Waals surface area contributed by atoms with Crippen molar-refractivity contribution in [2.45, 2.75) is 6.92 Å². The summed E-state index contributed by atoms with van der Waals surface area (Å²) >= 11 is 0. The van der Waals surface area contributed by atoms with Crippen LogP contribution >= 0.6 is 0 Å². The molecule has 2 rings (SSSR count). The van der Waals surface area contributed by atoms with Crippen LogP contribution in [-0.2, 0) is 4.79 Å². The van der Waals surface area contributed by atoms with Crippen molar-refractivity contribution in [3.8, 4) is 0 Å². The van der Waals surface area contributed by atoms with Crippen molar-refractivity contribution in [2.24, 2.45) is 0 Å². The molecule has 1 aromatic rings. The van der Waals surface area contributed by atoms with E-state index in [1.807, 2.05) is 4.90 Å². The van der Waals surface area contributed by atoms with Crippen molar-refractivity contribution in [2.75, 3.05) is 44.2 Å². The second-order valence-corrected chi connectivity index (χ2v) is 5.15. The van der Waals surface area contributed by atoms with Crippen molar-refractivity contribution in [1.82, 2.24) is 15.5 Å². The quantitative estimate of drug-likeness (QED) is 0.863. The van der Waals surface area contributed by atoms with Crippen LogP contribution < -0.4 is 15.5 Å². The van der Waals surface area contributed by atoms with E-state index in [1.54, 1.807) is 19.1 Å². The fraction of sp³-hybridized carbons (Fsp3) is 0.467. The average molecular weight is 308 g/mol. The molecule has 0 saturated carbocycles. The highest BCUT2D eigenvalue weighted by atomic mass is 19.1. The Hall–Kier alpha value is -2.15. The lowest BCUT2D eigenvalue weighted by molar-refractivity contribution is -0.121. The highest BCUT2D eigenvalue weighted by Crippen LogP contribution is 2.16. The summed E-state index contributed by atoms with van der Waals surface area (Å²) in [5.41, 5.74) is 0.979. The summed E-state index contributed by atoms with van der Waals surface area (Å²) in [4.78, 5) is 27.1. The fourth-order valence-electron chi connectivity index (χ4n) is 2.39. The predicted molar refractivity (Wildman–Crippen MR) is 82.3 cm³/mol. The maximum absolute atomic E-state index is 12.9. The first-order valence-electron chi connectivity index (χ1n) is 7.39. The molecule has 1 aliphatic heterocycles. The number of carbonyl (C=O) groups is 2. The van der Waals surface area contributed by atoms with E-state index in [4.69, 9.17) is 0 Å². The number of hydrogen-bond acceptors (Lipinski definition) is 4. The zero-order valence-corrected chi connectivity index (χ0v) is 12.6. The van der Waals surface area contributed by atoms with Crippen LogP contribution in [0.15, 0.2) is 24.3 Å². The number of amides is 3. The number of imide groups is 1. The lowest BCUT2D eigenvalue weighted by Crippen LogP contribution is -2.51. The van der Waals surface area contributed by atoms with Gasteiger partial charge in [-0.25, -0.2) is 9.18 Å². The van der Waals surface area contributed by atoms with Gasteiger partial charge in [-0.1, -0.05) is 0 Å². The Kier molecular flexibility index (Phi) is 5.71. The van der Waals surface area contributed by atoms with Gasteiger partial charge >= 0.3 is 6.03 Å². The number of nitrogens with one attached hydrogen (secondary N) is 2. The first-order chi connectivity index (χ1) is 10.6. The van der Waals surface area contributed by atoms with Crippen LogP contribution in [0.25, 0.3) is 0 Å². The van der Waals surface area contributed by atoms with Gasteiger partial charge in [-0.2, -0.15) is 0 Å². The first-order valence-corrected chi connectivity index (χ1v) is 7.39. The lowest BCUT2D eigenvalue weighted by Gasteiger charge is -2.35. The summed E-state index contributed by atoms with van der Waals surface area (Å²) in [7, 11) is 0. The van der Waals surface area contributed by atoms with E-state index >= 15 is 0 Å². The van der Waals surface area contributed by atoms with Gasteiger partial charge in [0.05, 0.1) is 6.54 Å². The van der Waals surface area contributed by atoms with Crippen molar-refractivity contribution in [3.63, 3.8) is 0 Å². The predicted octanol–water partition coefficient (Wildman–Crippen LogP) is 0.793. The van der Waals surface area contributed by atoms with Gasteiger partial charge in [0, 0.05) is 38.4 Å². The van der Waals surface area contributed by atoms with E-state index in [9.17, 15) is 14.0 Å². The second kappa shape index (κ2) is 7.74. The third-order valence-electron chi connectivity index (χ3n) is 3.52. The lowest BCUT2D eigenvalue weighted by atomic mass is 10.2. The van der Waals surface area contributed by atoms with Crippen molar-refractivity contribution < 1.29 is 14.0 Å². The van der Waals surface area contributed by atoms with E-state index < -0.39 is 6.03 Å². The molecule has 2 N–H and O–H groups in total. The van der Waals surface area contributed by atoms with Crippen LogP contribution in [0.5, 0.6) is 0 Å². The largest absolute Gasteiger partial charge is 0.369 e. The van der Waals surface area contributed by atoms with E-state index in [-0.39, 0.29) is 18.3 Å². The molecule has 6 nitrogen and oxygen atoms in total. The van der Waals surface area contributed by atoms with Crippen LogP contribution in [-0.4, -0.2) is 56.1 Å². The van der Waals surface area contributed by atoms with Gasteiger partial charge in [-0.15, -0.1) is 0 Å². The van der Waals surface area contributed by atoms with E-state index in [0.717, 1.165) is 31.9 Å². The van der Waals surface area contributed by atoms with Gasteiger partial charge in [0.15, 0.2) is 0 Å². The van der Waals surface area contributed by atoms with Gasteiger partial charge in [0.2, 0.25) is 5.91 Å². The standard InChI is InChI=1S/C15H21FN4O2/c1-2-17-15(22)18-14(21)11-19-7-9-20(10-8-19)13-5-3-12(16)4-6-13/h3-6H,2,7-11H2,1H3,(H2,17,18,21,22). The summed E-state index contributed by atoms with van der Waals surface area (Å²) < 4.78 is 12.9. The molecule has 120 valence electrons. The van der Waals surface area contributed by atoms with E-state index in [0.29, 0.717) is 6.54 Å². The maximum Gasteiger partial charge on any atom is 0.321 e. The number of carbonyl (C=O) groups excluding carboxylic acids is 2. The Morgan fingerprint density at radius 3 is 2.36 bits per heavy atom. The Balaban J connectivity index is 1.76. The summed E-state index contributed by atoms with van der Waals surface area (Å²) in [6.45, 7) is 5.45. The average Bonchev–Trinajstić information content (AvgIpc) is 2.49. The monoisotopic (exact) mass is 308 g/mol. The van der Waals surface area contributed by atoms with Gasteiger partial charge in [0.1, 0.15) is 5.82 Å². The normalized spacial score (nSPS) is 15.5. The summed E-state index contributed by atoms with van der Waals surface area (Å²) in [5, 5.41) is 4.81. The number of benzene rings is 1. The first kappa shape index (κ1) is 16.2. The minimum Gasteiger partial charge on any atom is -0.369 e. The van der Waals surface area contributed by atoms with Crippen LogP contribution in [0.1, 0.15) is 6.92 Å². The molecule has 0 spiro atoms. The van der Waals surface area contributed by atoms with Crippen LogP contribution in [0, 0.1) is 5.82 Å². The molecule has 3 amide bonds. The molecule has 0 atom stereocenters. The molecule has 7 heteroatoms. The van der Waals surface area contributed by atoms with Crippen molar-refractivity contribution >= 4 is 17.6 Å². The maximum atomic E-state index is 12.9. The Morgan fingerprint density at radius 1 is 1.14 bits per heavy atom. The molecule has 0 aromatic heterocycles. The van der Waals surface area contributed by atoms with Crippen LogP contribution in [0.2, 0.25) is 0 Å². The Labute approximate surface area is 129 Å². The topological polar surface area (TPSA) is 64.7 Å². The number of anilines is 1. The van der Waals surface area contributed by atoms with Gasteiger partial charge in [-0.05, 0) is 31.2 Å². The molecule has 0 radical (unpaired) electrons. The Morgan fingerprint density at radius 2 is 1.77 bits per heavy atom. The third-order valence-corrected chi connectivity index (χ3v) is 3.52. The molecule has 0 unspecified atom stereocenters. The molecular weight excluding hydrogens is 287 g/mol. The molecule has 1 heterocycles. The Bertz CT molecular complexity index is 513. The van der Waals surface area contributed by atoms with E-state index in [2.05, 4.69) is 15.5 Å². The molecule has 1 fully saturated rings. The smallest absolute Gasteiger partial charge is 0.321 e. The number of nitrogens with zero attached hydrogens (tertiary/aromatic N) is 2. The van der Waals surface area contributed by atoms with E-state index in [1.165, 1.54) is 12.1 Å². The van der Waals surface area contributed by atoms with Gasteiger partial charge in [0.25, 0.3) is 0 Å². The molecule has 1 aliphatic rings. The molecule has 0 aliphatic carbocycles. The minimum atomic E-state index is -0.461. The number of hydrogen-bond donors (Lipinski definition) is 2. The second-order valence-electron chi connectivity index (χ2n) is 5.15. The molecule has 1 aromatic carbocycles. The molecule has 0 bridgehead atoms. The number of urea groups is 1.